The second kappa shape index (κ2) is 8.54. The van der Waals surface area contributed by atoms with Gasteiger partial charge in [-0.05, 0) is 19.8 Å². The molecule has 110 valence electrons. The van der Waals surface area contributed by atoms with Gasteiger partial charge in [-0.25, -0.2) is 4.98 Å². The third-order valence-electron chi connectivity index (χ3n) is 3.07. The van der Waals surface area contributed by atoms with Gasteiger partial charge in [0, 0.05) is 30.6 Å². The number of thiazole rings is 1. The molecule has 0 saturated heterocycles. The van der Waals surface area contributed by atoms with E-state index in [-0.39, 0.29) is 0 Å². The predicted octanol–water partition coefficient (Wildman–Crippen LogP) is 3.83. The van der Waals surface area contributed by atoms with Crippen molar-refractivity contribution in [1.82, 2.24) is 10.3 Å². The molecule has 4 heteroatoms. The molecule has 0 saturated carbocycles. The van der Waals surface area contributed by atoms with Crippen LogP contribution in [0.5, 0.6) is 0 Å². The van der Waals surface area contributed by atoms with Gasteiger partial charge >= 0.3 is 0 Å². The molecule has 0 atom stereocenters. The molecule has 1 heterocycles. The lowest BCUT2D eigenvalue weighted by molar-refractivity contribution is 0.589. The molecular formula is C15H29N3S. The fourth-order valence-corrected chi connectivity index (χ4v) is 3.18. The van der Waals surface area contributed by atoms with E-state index in [2.05, 4.69) is 44.8 Å². The van der Waals surface area contributed by atoms with Crippen LogP contribution in [0.2, 0.25) is 0 Å². The number of anilines is 1. The van der Waals surface area contributed by atoms with E-state index in [1.165, 1.54) is 22.1 Å². The first-order chi connectivity index (χ1) is 9.12. The van der Waals surface area contributed by atoms with E-state index < -0.39 is 0 Å². The quantitative estimate of drug-likeness (QED) is 0.746. The summed E-state index contributed by atoms with van der Waals surface area (Å²) in [7, 11) is 0. The molecule has 1 N–H and O–H groups in total. The smallest absolute Gasteiger partial charge is 0.185 e. The Morgan fingerprint density at radius 2 is 1.95 bits per heavy atom. The molecular weight excluding hydrogens is 254 g/mol. The number of aryl methyl sites for hydroxylation is 1. The van der Waals surface area contributed by atoms with E-state index >= 15 is 0 Å². The first kappa shape index (κ1) is 16.4. The van der Waals surface area contributed by atoms with Crippen LogP contribution < -0.4 is 10.2 Å². The van der Waals surface area contributed by atoms with E-state index in [0.29, 0.717) is 6.04 Å². The third kappa shape index (κ3) is 5.11. The molecule has 1 rings (SSSR count). The highest BCUT2D eigenvalue weighted by Gasteiger charge is 2.14. The SMILES string of the molecule is CCCc1nc(N(CC)CCC)sc1CNC(C)C. The van der Waals surface area contributed by atoms with Crippen molar-refractivity contribution in [2.45, 2.75) is 66.5 Å². The molecule has 1 aromatic heterocycles. The van der Waals surface area contributed by atoms with E-state index in [9.17, 15) is 0 Å². The molecule has 3 nitrogen and oxygen atoms in total. The van der Waals surface area contributed by atoms with Gasteiger partial charge in [0.2, 0.25) is 0 Å². The summed E-state index contributed by atoms with van der Waals surface area (Å²) in [5, 5.41) is 4.72. The maximum Gasteiger partial charge on any atom is 0.185 e. The fourth-order valence-electron chi connectivity index (χ4n) is 2.03. The molecule has 0 fully saturated rings. The van der Waals surface area contributed by atoms with Crippen molar-refractivity contribution in [3.8, 4) is 0 Å². The van der Waals surface area contributed by atoms with Crippen LogP contribution in [0.1, 0.15) is 58.0 Å². The molecule has 0 unspecified atom stereocenters. The van der Waals surface area contributed by atoms with Crippen LogP contribution in [0.3, 0.4) is 0 Å². The molecule has 0 radical (unpaired) electrons. The van der Waals surface area contributed by atoms with Gasteiger partial charge in [0.1, 0.15) is 0 Å². The predicted molar refractivity (Wildman–Crippen MR) is 86.3 cm³/mol. The van der Waals surface area contributed by atoms with Crippen molar-refractivity contribution >= 4 is 16.5 Å². The minimum atomic E-state index is 0.526. The summed E-state index contributed by atoms with van der Waals surface area (Å²) in [6.45, 7) is 14.1. The Hall–Kier alpha value is -0.610. The Labute approximate surface area is 122 Å². The summed E-state index contributed by atoms with van der Waals surface area (Å²) < 4.78 is 0. The zero-order valence-electron chi connectivity index (χ0n) is 13.1. The van der Waals surface area contributed by atoms with Crippen molar-refractivity contribution in [3.05, 3.63) is 10.6 Å². The van der Waals surface area contributed by atoms with Gasteiger partial charge in [0.15, 0.2) is 5.13 Å². The number of nitrogens with zero attached hydrogens (tertiary/aromatic N) is 2. The Kier molecular flexibility index (Phi) is 7.39. The molecule has 0 aliphatic carbocycles. The van der Waals surface area contributed by atoms with Gasteiger partial charge < -0.3 is 10.2 Å². The normalized spacial score (nSPS) is 11.3. The number of hydrogen-bond acceptors (Lipinski definition) is 4. The lowest BCUT2D eigenvalue weighted by atomic mass is 10.2. The summed E-state index contributed by atoms with van der Waals surface area (Å²) in [5.41, 5.74) is 1.30. The van der Waals surface area contributed by atoms with Crippen LogP contribution in [-0.4, -0.2) is 24.1 Å². The van der Waals surface area contributed by atoms with Gasteiger partial charge in [-0.3, -0.25) is 0 Å². The van der Waals surface area contributed by atoms with Crippen LogP contribution >= 0.6 is 11.3 Å². The Balaban J connectivity index is 2.85. The lowest BCUT2D eigenvalue weighted by Crippen LogP contribution is -2.23. The largest absolute Gasteiger partial charge is 0.348 e. The highest BCUT2D eigenvalue weighted by Crippen LogP contribution is 2.27. The summed E-state index contributed by atoms with van der Waals surface area (Å²) in [4.78, 5) is 8.68. The van der Waals surface area contributed by atoms with Crippen LogP contribution in [0.25, 0.3) is 0 Å². The molecule has 0 bridgehead atoms. The van der Waals surface area contributed by atoms with Crippen LogP contribution in [-0.2, 0) is 13.0 Å². The van der Waals surface area contributed by atoms with Gasteiger partial charge in [0.25, 0.3) is 0 Å². The lowest BCUT2D eigenvalue weighted by Gasteiger charge is -2.18. The van der Waals surface area contributed by atoms with Crippen molar-refractivity contribution in [3.63, 3.8) is 0 Å². The van der Waals surface area contributed by atoms with E-state index in [4.69, 9.17) is 4.98 Å². The average molecular weight is 283 g/mol. The van der Waals surface area contributed by atoms with Gasteiger partial charge in [-0.1, -0.05) is 34.1 Å². The Morgan fingerprint density at radius 1 is 1.21 bits per heavy atom. The van der Waals surface area contributed by atoms with Gasteiger partial charge in [-0.2, -0.15) is 0 Å². The monoisotopic (exact) mass is 283 g/mol. The van der Waals surface area contributed by atoms with E-state index in [0.717, 1.165) is 32.5 Å². The Bertz CT molecular complexity index is 360. The molecule has 0 spiro atoms. The topological polar surface area (TPSA) is 28.2 Å². The average Bonchev–Trinajstić information content (AvgIpc) is 2.77. The highest BCUT2D eigenvalue weighted by molar-refractivity contribution is 7.15. The fraction of sp³-hybridized carbons (Fsp3) is 0.800. The number of hydrogen-bond donors (Lipinski definition) is 1. The zero-order valence-corrected chi connectivity index (χ0v) is 13.9. The van der Waals surface area contributed by atoms with E-state index in [1.54, 1.807) is 0 Å². The summed E-state index contributed by atoms with van der Waals surface area (Å²) in [6.07, 6.45) is 3.43. The summed E-state index contributed by atoms with van der Waals surface area (Å²) in [5.74, 6) is 0. The van der Waals surface area contributed by atoms with Crippen LogP contribution in [0.15, 0.2) is 0 Å². The minimum absolute atomic E-state index is 0.526. The second-order valence-electron chi connectivity index (χ2n) is 5.23. The van der Waals surface area contributed by atoms with Crippen molar-refractivity contribution in [2.75, 3.05) is 18.0 Å². The highest BCUT2D eigenvalue weighted by atomic mass is 32.1. The minimum Gasteiger partial charge on any atom is -0.348 e. The van der Waals surface area contributed by atoms with Crippen molar-refractivity contribution in [1.29, 1.82) is 0 Å². The van der Waals surface area contributed by atoms with Gasteiger partial charge in [0.05, 0.1) is 5.69 Å². The second-order valence-corrected chi connectivity index (χ2v) is 6.29. The van der Waals surface area contributed by atoms with Crippen molar-refractivity contribution < 1.29 is 0 Å². The molecule has 1 aromatic rings. The third-order valence-corrected chi connectivity index (χ3v) is 4.23. The first-order valence-electron chi connectivity index (χ1n) is 7.59. The molecule has 0 aromatic carbocycles. The van der Waals surface area contributed by atoms with E-state index in [1.807, 2.05) is 11.3 Å². The molecule has 19 heavy (non-hydrogen) atoms. The maximum absolute atomic E-state index is 4.87. The van der Waals surface area contributed by atoms with Gasteiger partial charge in [-0.15, -0.1) is 11.3 Å². The Morgan fingerprint density at radius 3 is 2.47 bits per heavy atom. The number of rotatable bonds is 9. The number of nitrogens with one attached hydrogen (secondary N) is 1. The molecule has 0 amide bonds. The standard InChI is InChI=1S/C15H29N3S/c1-6-9-13-14(11-16-12(4)5)19-15(17-13)18(8-3)10-7-2/h12,16H,6-11H2,1-5H3. The zero-order chi connectivity index (χ0) is 14.3. The number of aromatic nitrogens is 1. The van der Waals surface area contributed by atoms with Crippen LogP contribution in [0.4, 0.5) is 5.13 Å². The molecule has 0 aliphatic heterocycles. The first-order valence-corrected chi connectivity index (χ1v) is 8.40. The maximum atomic E-state index is 4.87. The summed E-state index contributed by atoms with van der Waals surface area (Å²) in [6, 6.07) is 0.526. The molecule has 0 aliphatic rings. The van der Waals surface area contributed by atoms with Crippen molar-refractivity contribution in [2.24, 2.45) is 0 Å². The van der Waals surface area contributed by atoms with Crippen LogP contribution in [0, 0.1) is 0 Å². The summed E-state index contributed by atoms with van der Waals surface area (Å²) >= 11 is 1.87.